The van der Waals surface area contributed by atoms with Crippen molar-refractivity contribution in [2.45, 2.75) is 63.1 Å². The smallest absolute Gasteiger partial charge is 0.274 e. The van der Waals surface area contributed by atoms with Crippen LogP contribution in [0.2, 0.25) is 0 Å². The average Bonchev–Trinajstić information content (AvgIpc) is 3.49. The maximum atomic E-state index is 13.2. The minimum Gasteiger partial charge on any atom is -0.390 e. The predicted octanol–water partition coefficient (Wildman–Crippen LogP) is 2.43. The number of fused-ring (bicyclic) bond motifs is 1. The molecule has 0 aromatic carbocycles. The Labute approximate surface area is 191 Å². The van der Waals surface area contributed by atoms with Gasteiger partial charge >= 0.3 is 0 Å². The molecule has 33 heavy (non-hydrogen) atoms. The molecule has 10 heteroatoms. The molecular weight excluding hydrogens is 422 g/mol. The first kappa shape index (κ1) is 21.4. The number of carbonyl (C=O) groups excluding carboxylic acids is 1. The lowest BCUT2D eigenvalue weighted by Crippen LogP contribution is -2.36. The van der Waals surface area contributed by atoms with Crippen LogP contribution in [0.15, 0.2) is 35.4 Å². The lowest BCUT2D eigenvalue weighted by atomic mass is 9.83. The number of hydrogen-bond acceptors (Lipinski definition) is 7. The minimum atomic E-state index is -0.764. The van der Waals surface area contributed by atoms with Crippen LogP contribution < -0.4 is 21.5 Å². The summed E-state index contributed by atoms with van der Waals surface area (Å²) < 4.78 is 3.27. The second-order valence-corrected chi connectivity index (χ2v) is 9.32. The fourth-order valence-electron chi connectivity index (χ4n) is 4.55. The number of nitrogens with zero attached hydrogens (tertiary/aromatic N) is 4. The van der Waals surface area contributed by atoms with Gasteiger partial charge in [0, 0.05) is 31.4 Å². The van der Waals surface area contributed by atoms with Crippen molar-refractivity contribution in [3.05, 3.63) is 46.5 Å². The number of carbonyl (C=O) groups is 1. The Kier molecular flexibility index (Phi) is 5.32. The van der Waals surface area contributed by atoms with E-state index in [9.17, 15) is 14.7 Å². The quantitative estimate of drug-likeness (QED) is 0.453. The van der Waals surface area contributed by atoms with Crippen LogP contribution in [0.5, 0.6) is 0 Å². The van der Waals surface area contributed by atoms with Crippen molar-refractivity contribution in [2.75, 3.05) is 17.7 Å². The van der Waals surface area contributed by atoms with E-state index in [1.807, 2.05) is 13.0 Å². The zero-order valence-electron chi connectivity index (χ0n) is 18.8. The second kappa shape index (κ2) is 8.18. The third-order valence-electron chi connectivity index (χ3n) is 6.44. The molecule has 1 amide bonds. The van der Waals surface area contributed by atoms with Gasteiger partial charge in [0.2, 0.25) is 0 Å². The summed E-state index contributed by atoms with van der Waals surface area (Å²) in [4.78, 5) is 30.5. The van der Waals surface area contributed by atoms with Gasteiger partial charge in [-0.05, 0) is 57.6 Å². The summed E-state index contributed by atoms with van der Waals surface area (Å²) in [5, 5.41) is 23.9. The summed E-state index contributed by atoms with van der Waals surface area (Å²) in [6.07, 6.45) is 8.27. The zero-order chi connectivity index (χ0) is 23.2. The highest BCUT2D eigenvalue weighted by Gasteiger charge is 2.31. The number of aromatic nitrogens is 4. The lowest BCUT2D eigenvalue weighted by molar-refractivity contribution is 0.00334. The number of nitrogens with one attached hydrogen (secondary N) is 3. The molecule has 1 unspecified atom stereocenters. The summed E-state index contributed by atoms with van der Waals surface area (Å²) in [5.74, 6) is 0.858. The number of aliphatic hydroxyl groups is 1. The van der Waals surface area contributed by atoms with Gasteiger partial charge in [-0.15, -0.1) is 0 Å². The van der Waals surface area contributed by atoms with Crippen molar-refractivity contribution >= 4 is 28.9 Å². The van der Waals surface area contributed by atoms with Crippen molar-refractivity contribution in [1.29, 1.82) is 0 Å². The molecule has 3 heterocycles. The molecule has 2 atom stereocenters. The van der Waals surface area contributed by atoms with Crippen LogP contribution in [-0.2, 0) is 0 Å². The zero-order valence-corrected chi connectivity index (χ0v) is 18.8. The fraction of sp³-hybridized carbons (Fsp3) is 0.478. The molecule has 174 valence electrons. The van der Waals surface area contributed by atoms with Crippen molar-refractivity contribution in [3.8, 4) is 0 Å². The Morgan fingerprint density at radius 2 is 2.12 bits per heavy atom. The lowest BCUT2D eigenvalue weighted by Gasteiger charge is -2.34. The Balaban J connectivity index is 1.47. The number of anilines is 3. The molecule has 0 spiro atoms. The molecular formula is C23H29N7O3. The monoisotopic (exact) mass is 451 g/mol. The molecule has 0 radical (unpaired) electrons. The van der Waals surface area contributed by atoms with Gasteiger partial charge in [0.05, 0.1) is 11.8 Å². The van der Waals surface area contributed by atoms with E-state index in [0.717, 1.165) is 32.1 Å². The highest BCUT2D eigenvalue weighted by molar-refractivity contribution is 6.00. The van der Waals surface area contributed by atoms with Gasteiger partial charge in [0.1, 0.15) is 22.9 Å². The summed E-state index contributed by atoms with van der Waals surface area (Å²) in [7, 11) is 1.76. The molecule has 2 fully saturated rings. The highest BCUT2D eigenvalue weighted by Crippen LogP contribution is 2.34. The molecule has 2 saturated carbocycles. The van der Waals surface area contributed by atoms with E-state index in [1.54, 1.807) is 34.5 Å². The molecule has 3 aromatic rings. The van der Waals surface area contributed by atoms with E-state index in [2.05, 4.69) is 26.0 Å². The topological polar surface area (TPSA) is 126 Å². The first-order valence-corrected chi connectivity index (χ1v) is 11.4. The molecule has 4 N–H and O–H groups in total. The molecule has 10 nitrogen and oxygen atoms in total. The van der Waals surface area contributed by atoms with Crippen molar-refractivity contribution < 1.29 is 9.90 Å². The molecule has 2 aliphatic rings. The Morgan fingerprint density at radius 1 is 1.30 bits per heavy atom. The van der Waals surface area contributed by atoms with E-state index < -0.39 is 5.60 Å². The summed E-state index contributed by atoms with van der Waals surface area (Å²) in [6, 6.07) is 5.43. The van der Waals surface area contributed by atoms with Crippen LogP contribution in [-0.4, -0.2) is 48.9 Å². The maximum absolute atomic E-state index is 13.2. The summed E-state index contributed by atoms with van der Waals surface area (Å²) in [6.45, 7) is 1.83. The van der Waals surface area contributed by atoms with Gasteiger partial charge in [-0.3, -0.25) is 9.59 Å². The van der Waals surface area contributed by atoms with E-state index in [-0.39, 0.29) is 23.6 Å². The minimum absolute atomic E-state index is 0.0566. The number of rotatable bonds is 6. The van der Waals surface area contributed by atoms with Crippen LogP contribution in [0.4, 0.5) is 17.3 Å². The van der Waals surface area contributed by atoms with Gasteiger partial charge in [-0.2, -0.15) is 9.61 Å². The molecule has 5 rings (SSSR count). The van der Waals surface area contributed by atoms with Crippen LogP contribution in [0.3, 0.4) is 0 Å². The maximum Gasteiger partial charge on any atom is 0.274 e. The molecule has 2 aliphatic carbocycles. The van der Waals surface area contributed by atoms with Crippen molar-refractivity contribution in [1.82, 2.24) is 24.5 Å². The fourth-order valence-corrected chi connectivity index (χ4v) is 4.55. The molecule has 3 aromatic heterocycles. The van der Waals surface area contributed by atoms with E-state index >= 15 is 0 Å². The standard InChI is InChI=1S/C23H29N7O3/c1-23(33)9-3-5-15(12-23)29-10-4-6-17(22(29)32)27-18-11-19(24-2)30-20(28-18)16(13-25-30)21(31)26-14-7-8-14/h4,6,10-11,13-15,24,33H,3,5,7-9,12H2,1-2H3,(H,26,31)(H,27,28)/t15?,23-/m1/s1. The van der Waals surface area contributed by atoms with Crippen molar-refractivity contribution in [3.63, 3.8) is 0 Å². The largest absolute Gasteiger partial charge is 0.390 e. The number of hydrogen-bond donors (Lipinski definition) is 4. The first-order valence-electron chi connectivity index (χ1n) is 11.4. The SMILES string of the molecule is CNc1cc(Nc2cccn(C3CCC[C@@](C)(O)C3)c2=O)nc2c(C(=O)NC3CC3)cnn12. The first-order chi connectivity index (χ1) is 15.8. The molecule has 0 aliphatic heterocycles. The van der Waals surface area contributed by atoms with Gasteiger partial charge < -0.3 is 25.6 Å². The third-order valence-corrected chi connectivity index (χ3v) is 6.44. The van der Waals surface area contributed by atoms with Crippen LogP contribution in [0.25, 0.3) is 5.65 Å². The normalized spacial score (nSPS) is 22.8. The number of amides is 1. The van der Waals surface area contributed by atoms with E-state index in [0.29, 0.717) is 35.0 Å². The Hall–Kier alpha value is -3.40. The van der Waals surface area contributed by atoms with Gasteiger partial charge in [-0.1, -0.05) is 0 Å². The second-order valence-electron chi connectivity index (χ2n) is 9.32. The van der Waals surface area contributed by atoms with Crippen LogP contribution in [0, 0.1) is 0 Å². The van der Waals surface area contributed by atoms with E-state index in [1.165, 1.54) is 6.20 Å². The Morgan fingerprint density at radius 3 is 2.85 bits per heavy atom. The predicted molar refractivity (Wildman–Crippen MR) is 125 cm³/mol. The number of pyridine rings is 1. The summed E-state index contributed by atoms with van der Waals surface area (Å²) in [5.41, 5.74) is 0.233. The van der Waals surface area contributed by atoms with Crippen LogP contribution >= 0.6 is 0 Å². The molecule has 0 bridgehead atoms. The summed E-state index contributed by atoms with van der Waals surface area (Å²) >= 11 is 0. The van der Waals surface area contributed by atoms with Gasteiger partial charge in [-0.25, -0.2) is 4.98 Å². The highest BCUT2D eigenvalue weighted by atomic mass is 16.3. The Bertz CT molecular complexity index is 1260. The van der Waals surface area contributed by atoms with Gasteiger partial charge in [0.15, 0.2) is 5.65 Å². The van der Waals surface area contributed by atoms with Gasteiger partial charge in [0.25, 0.3) is 11.5 Å². The van der Waals surface area contributed by atoms with Crippen molar-refractivity contribution in [2.24, 2.45) is 0 Å². The third kappa shape index (κ3) is 4.30. The van der Waals surface area contributed by atoms with Crippen LogP contribution in [0.1, 0.15) is 61.8 Å². The molecule has 0 saturated heterocycles. The average molecular weight is 452 g/mol. The van der Waals surface area contributed by atoms with E-state index in [4.69, 9.17) is 0 Å².